The van der Waals surface area contributed by atoms with Crippen molar-refractivity contribution in [3.8, 4) is 10.6 Å². The van der Waals surface area contributed by atoms with Crippen molar-refractivity contribution in [1.82, 2.24) is 29.5 Å². The quantitative estimate of drug-likeness (QED) is 0.102. The fraction of sp³-hybridized carbons (Fsp3) is 0.636. The van der Waals surface area contributed by atoms with Crippen LogP contribution in [0, 0.1) is 11.8 Å². The average molecular weight is 898 g/mol. The number of allylic oxidation sites excluding steroid dienone is 2. The Morgan fingerprint density at radius 1 is 1.11 bits per heavy atom. The van der Waals surface area contributed by atoms with Crippen LogP contribution in [-0.2, 0) is 33.9 Å². The van der Waals surface area contributed by atoms with Gasteiger partial charge in [0.25, 0.3) is 0 Å². The van der Waals surface area contributed by atoms with E-state index in [-0.39, 0.29) is 48.0 Å². The summed E-state index contributed by atoms with van der Waals surface area (Å²) in [4.78, 5) is 67.8. The number of ether oxygens (including phenoxy) is 2. The summed E-state index contributed by atoms with van der Waals surface area (Å²) in [5.41, 5.74) is 9.29. The van der Waals surface area contributed by atoms with E-state index in [9.17, 15) is 32.4 Å². The summed E-state index contributed by atoms with van der Waals surface area (Å²) in [6, 6.07) is 5.64. The second-order valence-electron chi connectivity index (χ2n) is 17.6. The van der Waals surface area contributed by atoms with Crippen molar-refractivity contribution >= 4 is 56.2 Å². The number of hydrogen-bond acceptors (Lipinski definition) is 11. The zero-order valence-electron chi connectivity index (χ0n) is 36.4. The van der Waals surface area contributed by atoms with Gasteiger partial charge in [0.2, 0.25) is 27.7 Å². The molecular formula is C44H63N7O9S2. The number of thiazole rings is 1. The highest BCUT2D eigenvalue weighted by molar-refractivity contribution is 7.91. The Hall–Kier alpha value is -4.55. The maximum Gasteiger partial charge on any atom is 0.408 e. The molecule has 3 atom stereocenters. The topological polar surface area (TPSA) is 225 Å². The van der Waals surface area contributed by atoms with Gasteiger partial charge in [-0.05, 0) is 96.6 Å². The van der Waals surface area contributed by atoms with Gasteiger partial charge in [-0.1, -0.05) is 50.8 Å². The number of amides is 4. The fourth-order valence-electron chi connectivity index (χ4n) is 8.03. The smallest absolute Gasteiger partial charge is 0.408 e. The molecule has 5 aliphatic rings. The summed E-state index contributed by atoms with van der Waals surface area (Å²) in [5.74, 6) is -0.448. The number of sulfonamides is 1. The predicted molar refractivity (Wildman–Crippen MR) is 238 cm³/mol. The number of carbonyl (C=O) groups excluding carboxylic acids is 4. The first kappa shape index (κ1) is 46.9. The minimum absolute atomic E-state index is 0.0463. The van der Waals surface area contributed by atoms with Crippen molar-refractivity contribution in [2.45, 2.75) is 140 Å². The van der Waals surface area contributed by atoms with Crippen molar-refractivity contribution < 1.29 is 37.1 Å². The van der Waals surface area contributed by atoms with Gasteiger partial charge in [0, 0.05) is 35.4 Å². The molecule has 16 nitrogen and oxygen atoms in total. The van der Waals surface area contributed by atoms with E-state index in [1.54, 1.807) is 18.3 Å². The Morgan fingerprint density at radius 3 is 2.50 bits per heavy atom. The molecule has 0 radical (unpaired) electrons. The van der Waals surface area contributed by atoms with Gasteiger partial charge in [0.05, 0.1) is 34.7 Å². The third-order valence-corrected chi connectivity index (χ3v) is 15.4. The molecule has 1 aromatic carbocycles. The summed E-state index contributed by atoms with van der Waals surface area (Å²) in [6.45, 7) is 8.99. The molecule has 18 heteroatoms. The molecule has 0 bridgehead atoms. The molecule has 340 valence electrons. The molecule has 0 spiro atoms. The highest BCUT2D eigenvalue weighted by Gasteiger charge is 2.52. The van der Waals surface area contributed by atoms with Gasteiger partial charge >= 0.3 is 11.8 Å². The monoisotopic (exact) mass is 897 g/mol. The van der Waals surface area contributed by atoms with Gasteiger partial charge < -0.3 is 30.4 Å². The number of benzene rings is 1. The van der Waals surface area contributed by atoms with Crippen LogP contribution >= 0.6 is 11.3 Å². The standard InChI is InChI=1S/C18H21N3OS.C15H25NO3S.C11H17N3O5/c1-11(2)21-15-9-5-8-13(16(15)20-18(21)22)17-19-14(10-23-17)12-6-3-4-7-12;1-3-4-5-6-7-8-12-11-13(12)14(17)16-20(18,19)15(2)9-10-15;12-10(16)8-2-1-3-14(8)9(15)4-13-11(17)19-7-5-18-6-7/h5,8-12H,3-4,6-7H2,1-2H3,(H,20,22);7-8,12-13H,3-6,9-11H2,1-2H3,(H,16,17);7-8H,1-6H2,(H2,12,16)(H,13,17)/b;8-7-;/t;12?,13-;/m.0./s1. The number of carbonyl (C=O) groups is 4. The van der Waals surface area contributed by atoms with Gasteiger partial charge in [-0.2, -0.15) is 0 Å². The van der Waals surface area contributed by atoms with Crippen LogP contribution in [0.1, 0.15) is 129 Å². The van der Waals surface area contributed by atoms with Crippen LogP contribution in [0.25, 0.3) is 21.6 Å². The second-order valence-corrected chi connectivity index (χ2v) is 20.6. The number of para-hydroxylation sites is 1. The fourth-order valence-corrected chi connectivity index (χ4v) is 10.3. The molecule has 3 aliphatic carbocycles. The third-order valence-electron chi connectivity index (χ3n) is 12.3. The van der Waals surface area contributed by atoms with E-state index in [2.05, 4.69) is 45.5 Å². The molecule has 5 N–H and O–H groups in total. The molecule has 62 heavy (non-hydrogen) atoms. The van der Waals surface area contributed by atoms with E-state index in [4.69, 9.17) is 20.2 Å². The highest BCUT2D eigenvalue weighted by atomic mass is 32.2. The Morgan fingerprint density at radius 2 is 1.85 bits per heavy atom. The Kier molecular flexibility index (Phi) is 15.7. The van der Waals surface area contributed by atoms with E-state index >= 15 is 0 Å². The number of hydrogen-bond donors (Lipinski definition) is 4. The lowest BCUT2D eigenvalue weighted by Crippen LogP contribution is -2.48. The zero-order valence-corrected chi connectivity index (χ0v) is 38.0. The number of H-pyrrole nitrogens is 1. The largest absolute Gasteiger partial charge is 0.441 e. The van der Waals surface area contributed by atoms with Crippen LogP contribution in [0.4, 0.5) is 4.79 Å². The van der Waals surface area contributed by atoms with Gasteiger partial charge in [-0.15, -0.1) is 11.3 Å². The second kappa shape index (κ2) is 20.8. The number of likely N-dealkylation sites (tertiary alicyclic amines) is 1. The van der Waals surface area contributed by atoms with Crippen molar-refractivity contribution in [2.24, 2.45) is 17.6 Å². The van der Waals surface area contributed by atoms with Crippen LogP contribution in [-0.4, -0.2) is 94.9 Å². The van der Waals surface area contributed by atoms with Crippen molar-refractivity contribution in [2.75, 3.05) is 26.3 Å². The molecule has 4 amide bonds. The third kappa shape index (κ3) is 11.7. The van der Waals surface area contributed by atoms with Gasteiger partial charge in [0.1, 0.15) is 17.6 Å². The first-order valence-corrected chi connectivity index (χ1v) is 24.5. The number of fused-ring (bicyclic) bond motifs is 1. The highest BCUT2D eigenvalue weighted by Crippen LogP contribution is 2.44. The predicted octanol–water partition coefficient (Wildman–Crippen LogP) is 6.04. The summed E-state index contributed by atoms with van der Waals surface area (Å²) in [5, 5.41) is 5.56. The van der Waals surface area contributed by atoms with E-state index in [0.29, 0.717) is 44.9 Å². The molecule has 3 aromatic rings. The first-order chi connectivity index (χ1) is 29.6. The number of rotatable bonds is 15. The van der Waals surface area contributed by atoms with Crippen LogP contribution < -0.4 is 21.5 Å². The van der Waals surface area contributed by atoms with Crippen molar-refractivity contribution in [3.63, 3.8) is 0 Å². The van der Waals surface area contributed by atoms with E-state index in [1.807, 2.05) is 30.5 Å². The summed E-state index contributed by atoms with van der Waals surface area (Å²) < 4.78 is 37.0. The number of aromatic amines is 1. The van der Waals surface area contributed by atoms with Crippen molar-refractivity contribution in [3.05, 3.63) is 51.9 Å². The number of primary amides is 1. The molecule has 2 aliphatic heterocycles. The number of nitrogens with one attached hydrogen (secondary N) is 3. The van der Waals surface area contributed by atoms with Crippen molar-refractivity contribution in [1.29, 1.82) is 0 Å². The molecule has 3 saturated carbocycles. The van der Waals surface area contributed by atoms with Crippen LogP contribution in [0.2, 0.25) is 0 Å². The minimum Gasteiger partial charge on any atom is -0.441 e. The Bertz CT molecular complexity index is 2250. The molecule has 2 saturated heterocycles. The lowest BCUT2D eigenvalue weighted by Gasteiger charge is -2.26. The average Bonchev–Trinajstić information content (AvgIpc) is 3.75. The lowest BCUT2D eigenvalue weighted by atomic mass is 10.1. The molecule has 8 rings (SSSR count). The van der Waals surface area contributed by atoms with E-state index in [1.165, 1.54) is 55.5 Å². The molecule has 5 fully saturated rings. The number of nitrogens with two attached hydrogens (primary N) is 1. The summed E-state index contributed by atoms with van der Waals surface area (Å²) in [7, 11) is -3.47. The maximum absolute atomic E-state index is 12.3. The molecule has 2 unspecified atom stereocenters. The number of imidazole rings is 1. The van der Waals surface area contributed by atoms with Crippen LogP contribution in [0.3, 0.4) is 0 Å². The maximum atomic E-state index is 12.3. The van der Waals surface area contributed by atoms with Crippen LogP contribution in [0.15, 0.2) is 40.5 Å². The number of unbranched alkanes of at least 4 members (excludes halogenated alkanes) is 3. The van der Waals surface area contributed by atoms with E-state index in [0.717, 1.165) is 40.9 Å². The van der Waals surface area contributed by atoms with E-state index < -0.39 is 32.8 Å². The van der Waals surface area contributed by atoms with Gasteiger partial charge in [-0.3, -0.25) is 23.7 Å². The zero-order chi connectivity index (χ0) is 44.6. The number of aromatic nitrogens is 3. The first-order valence-electron chi connectivity index (χ1n) is 22.1. The van der Waals surface area contributed by atoms with Gasteiger partial charge in [0.15, 0.2) is 6.10 Å². The molecule has 4 heterocycles. The lowest BCUT2D eigenvalue weighted by molar-refractivity contribution is -0.136. The number of nitrogens with zero attached hydrogens (tertiary/aromatic N) is 3. The van der Waals surface area contributed by atoms with Gasteiger partial charge in [-0.25, -0.2) is 23.0 Å². The SMILES string of the molecule is CC(C)n1c(=O)[nH]c2c(-c3nc(C4CCCC4)cs3)cccc21.CCCCC/C=C\C1C[C@@H]1C(=O)NS(=O)(=O)C1(C)CC1.NC(=O)C1CCCN1C(=O)CNC(=O)OC1COC1. The van der Waals surface area contributed by atoms with Crippen LogP contribution in [0.5, 0.6) is 0 Å². The summed E-state index contributed by atoms with van der Waals surface area (Å²) >= 11 is 1.69. The summed E-state index contributed by atoms with van der Waals surface area (Å²) in [6.07, 6.45) is 16.5. The normalized spacial score (nSPS) is 21.8. The minimum atomic E-state index is -3.47. The Balaban J connectivity index is 0.000000156. The molecule has 2 aromatic heterocycles. The Labute approximate surface area is 367 Å². The molecular weight excluding hydrogens is 835 g/mol. The number of alkyl carbamates (subject to hydrolysis) is 1.